The van der Waals surface area contributed by atoms with Gasteiger partial charge in [-0.25, -0.2) is 14.4 Å². The van der Waals surface area contributed by atoms with E-state index in [2.05, 4.69) is 41.8 Å². The van der Waals surface area contributed by atoms with Crippen molar-refractivity contribution in [2.75, 3.05) is 49.3 Å². The monoisotopic (exact) mass is 474 g/mol. The molecule has 2 fully saturated rings. The lowest BCUT2D eigenvalue weighted by molar-refractivity contribution is 0.464. The van der Waals surface area contributed by atoms with Crippen molar-refractivity contribution in [2.24, 2.45) is 0 Å². The minimum atomic E-state index is -0.444. The SMILES string of the molecule is CN(C)CC#Cc1ncc(F)c(N2C3CCC2CN(c2cc(-c4ccccc4O)nnc2N)C3)n1. The van der Waals surface area contributed by atoms with E-state index >= 15 is 0 Å². The number of anilines is 3. The molecule has 2 atom stereocenters. The minimum Gasteiger partial charge on any atom is -0.507 e. The number of piperazine rings is 1. The second-order valence-electron chi connectivity index (χ2n) is 9.12. The summed E-state index contributed by atoms with van der Waals surface area (Å²) >= 11 is 0. The summed E-state index contributed by atoms with van der Waals surface area (Å²) in [5.74, 6) is 6.57. The zero-order chi connectivity index (χ0) is 24.5. The van der Waals surface area contributed by atoms with E-state index in [1.807, 2.05) is 31.1 Å². The van der Waals surface area contributed by atoms with Gasteiger partial charge >= 0.3 is 0 Å². The van der Waals surface area contributed by atoms with E-state index < -0.39 is 5.82 Å². The molecule has 2 aliphatic rings. The molecular formula is C25H27FN8O. The highest BCUT2D eigenvalue weighted by molar-refractivity contribution is 5.74. The molecule has 2 saturated heterocycles. The molecule has 0 radical (unpaired) electrons. The van der Waals surface area contributed by atoms with E-state index in [1.54, 1.807) is 18.2 Å². The molecule has 3 aromatic rings. The zero-order valence-corrected chi connectivity index (χ0v) is 19.7. The number of nitrogen functional groups attached to an aromatic ring is 1. The summed E-state index contributed by atoms with van der Waals surface area (Å²) in [6.45, 7) is 1.85. The summed E-state index contributed by atoms with van der Waals surface area (Å²) in [6.07, 6.45) is 3.03. The first-order valence-electron chi connectivity index (χ1n) is 11.5. The van der Waals surface area contributed by atoms with Gasteiger partial charge in [0.1, 0.15) is 5.75 Å². The maximum absolute atomic E-state index is 14.8. The molecule has 2 aliphatic heterocycles. The van der Waals surface area contributed by atoms with Gasteiger partial charge in [0.25, 0.3) is 0 Å². The smallest absolute Gasteiger partial charge is 0.207 e. The Kier molecular flexibility index (Phi) is 6.09. The van der Waals surface area contributed by atoms with Crippen LogP contribution in [0.15, 0.2) is 36.5 Å². The van der Waals surface area contributed by atoms with Crippen LogP contribution in [-0.4, -0.2) is 76.0 Å². The normalized spacial score (nSPS) is 19.1. The molecule has 10 heteroatoms. The van der Waals surface area contributed by atoms with Crippen LogP contribution in [-0.2, 0) is 0 Å². The molecule has 35 heavy (non-hydrogen) atoms. The standard InChI is InChI=1S/C25H27FN8O/c1-32(2)11-5-8-23-28-13-19(26)25(29-23)34-16-9-10-17(34)15-33(14-16)21-12-20(30-31-24(21)27)18-6-3-4-7-22(18)35/h3-4,6-7,12-13,16-17,35H,9-11,14-15H2,1-2H3,(H2,27,31). The van der Waals surface area contributed by atoms with Gasteiger partial charge in [-0.2, -0.15) is 0 Å². The maximum Gasteiger partial charge on any atom is 0.207 e. The van der Waals surface area contributed by atoms with E-state index in [9.17, 15) is 9.50 Å². The van der Waals surface area contributed by atoms with Crippen molar-refractivity contribution in [3.05, 3.63) is 48.2 Å². The van der Waals surface area contributed by atoms with E-state index in [4.69, 9.17) is 5.73 Å². The molecule has 2 unspecified atom stereocenters. The zero-order valence-electron chi connectivity index (χ0n) is 19.7. The van der Waals surface area contributed by atoms with Crippen molar-refractivity contribution < 1.29 is 9.50 Å². The van der Waals surface area contributed by atoms with Crippen LogP contribution in [0.25, 0.3) is 11.3 Å². The quantitative estimate of drug-likeness (QED) is 0.550. The van der Waals surface area contributed by atoms with Crippen LogP contribution in [0.4, 0.5) is 21.7 Å². The van der Waals surface area contributed by atoms with E-state index in [0.29, 0.717) is 48.4 Å². The number of fused-ring (bicyclic) bond motifs is 2. The largest absolute Gasteiger partial charge is 0.507 e. The van der Waals surface area contributed by atoms with Crippen LogP contribution in [0.2, 0.25) is 0 Å². The topological polar surface area (TPSA) is 108 Å². The Balaban J connectivity index is 1.41. The van der Waals surface area contributed by atoms with E-state index in [0.717, 1.165) is 18.5 Å². The van der Waals surface area contributed by atoms with Gasteiger partial charge in [-0.05, 0) is 51.1 Å². The van der Waals surface area contributed by atoms with Gasteiger partial charge in [0.05, 0.1) is 24.1 Å². The first-order valence-corrected chi connectivity index (χ1v) is 11.5. The van der Waals surface area contributed by atoms with Crippen molar-refractivity contribution in [3.63, 3.8) is 0 Å². The van der Waals surface area contributed by atoms with Crippen molar-refractivity contribution in [1.82, 2.24) is 25.1 Å². The second-order valence-corrected chi connectivity index (χ2v) is 9.12. The Bertz CT molecular complexity index is 1290. The highest BCUT2D eigenvalue weighted by Gasteiger charge is 2.42. The molecule has 0 spiro atoms. The first-order chi connectivity index (χ1) is 16.9. The first kappa shape index (κ1) is 22.8. The van der Waals surface area contributed by atoms with Crippen LogP contribution < -0.4 is 15.5 Å². The fraction of sp³-hybridized carbons (Fsp3) is 0.360. The number of phenolic OH excluding ortho intramolecular Hbond substituents is 1. The lowest BCUT2D eigenvalue weighted by Crippen LogP contribution is -2.54. The molecule has 2 bridgehead atoms. The second kappa shape index (κ2) is 9.35. The number of para-hydroxylation sites is 1. The summed E-state index contributed by atoms with van der Waals surface area (Å²) in [6, 6.07) is 8.97. The van der Waals surface area contributed by atoms with Crippen LogP contribution in [0, 0.1) is 17.7 Å². The van der Waals surface area contributed by atoms with Gasteiger partial charge in [-0.3, -0.25) is 4.90 Å². The average Bonchev–Trinajstić information content (AvgIpc) is 3.09. The van der Waals surface area contributed by atoms with Gasteiger partial charge in [0.15, 0.2) is 17.5 Å². The number of rotatable bonds is 4. The molecule has 4 heterocycles. The molecule has 2 aromatic heterocycles. The third kappa shape index (κ3) is 4.55. The van der Waals surface area contributed by atoms with Crippen LogP contribution in [0.3, 0.4) is 0 Å². The minimum absolute atomic E-state index is 0.0573. The summed E-state index contributed by atoms with van der Waals surface area (Å²) in [5, 5.41) is 18.6. The van der Waals surface area contributed by atoms with Gasteiger partial charge in [-0.1, -0.05) is 18.1 Å². The number of hydrogen-bond acceptors (Lipinski definition) is 9. The highest BCUT2D eigenvalue weighted by atomic mass is 19.1. The third-order valence-electron chi connectivity index (χ3n) is 6.37. The third-order valence-corrected chi connectivity index (χ3v) is 6.37. The molecule has 0 aliphatic carbocycles. The Labute approximate surface area is 203 Å². The number of benzene rings is 1. The van der Waals surface area contributed by atoms with E-state index in [-0.39, 0.29) is 17.8 Å². The highest BCUT2D eigenvalue weighted by Crippen LogP contribution is 2.39. The number of aromatic hydroxyl groups is 1. The molecule has 9 nitrogen and oxygen atoms in total. The predicted molar refractivity (Wildman–Crippen MR) is 132 cm³/mol. The summed E-state index contributed by atoms with van der Waals surface area (Å²) in [5.41, 5.74) is 8.11. The van der Waals surface area contributed by atoms with E-state index in [1.165, 1.54) is 6.20 Å². The van der Waals surface area contributed by atoms with Crippen LogP contribution in [0.5, 0.6) is 5.75 Å². The molecule has 0 amide bonds. The lowest BCUT2D eigenvalue weighted by Gasteiger charge is -2.42. The average molecular weight is 475 g/mol. The Morgan fingerprint density at radius 3 is 2.63 bits per heavy atom. The number of nitrogens with two attached hydrogens (primary N) is 1. The van der Waals surface area contributed by atoms with Gasteiger partial charge < -0.3 is 20.6 Å². The number of aromatic nitrogens is 4. The number of hydrogen-bond donors (Lipinski definition) is 2. The number of halogens is 1. The summed E-state index contributed by atoms with van der Waals surface area (Å²) < 4.78 is 14.8. The summed E-state index contributed by atoms with van der Waals surface area (Å²) in [7, 11) is 3.86. The molecule has 1 aromatic carbocycles. The number of phenols is 1. The van der Waals surface area contributed by atoms with Crippen LogP contribution in [0.1, 0.15) is 18.7 Å². The van der Waals surface area contributed by atoms with Crippen molar-refractivity contribution in [2.45, 2.75) is 24.9 Å². The molecule has 5 rings (SSSR count). The lowest BCUT2D eigenvalue weighted by atomic mass is 10.1. The molecular weight excluding hydrogens is 447 g/mol. The van der Waals surface area contributed by atoms with Crippen molar-refractivity contribution in [1.29, 1.82) is 0 Å². The van der Waals surface area contributed by atoms with Crippen molar-refractivity contribution >= 4 is 17.3 Å². The molecule has 180 valence electrons. The fourth-order valence-corrected chi connectivity index (χ4v) is 4.79. The Hall–Kier alpha value is -3.97. The van der Waals surface area contributed by atoms with Crippen LogP contribution >= 0.6 is 0 Å². The Morgan fingerprint density at radius 1 is 1.17 bits per heavy atom. The van der Waals surface area contributed by atoms with Gasteiger partial charge in [0.2, 0.25) is 5.82 Å². The number of nitrogens with zero attached hydrogens (tertiary/aromatic N) is 7. The van der Waals surface area contributed by atoms with Gasteiger partial charge in [0, 0.05) is 30.7 Å². The Morgan fingerprint density at radius 2 is 1.91 bits per heavy atom. The van der Waals surface area contributed by atoms with Crippen molar-refractivity contribution in [3.8, 4) is 28.8 Å². The predicted octanol–water partition coefficient (Wildman–Crippen LogP) is 2.13. The maximum atomic E-state index is 14.8. The van der Waals surface area contributed by atoms with Gasteiger partial charge in [-0.15, -0.1) is 10.2 Å². The fourth-order valence-electron chi connectivity index (χ4n) is 4.79. The summed E-state index contributed by atoms with van der Waals surface area (Å²) in [4.78, 5) is 14.7. The molecule has 3 N–H and O–H groups in total. The molecule has 0 saturated carbocycles.